The van der Waals surface area contributed by atoms with E-state index < -0.39 is 0 Å². The monoisotopic (exact) mass is 430 g/mol. The number of phenolic OH excluding ortho intramolecular Hbond substituents is 1. The molecule has 0 amide bonds. The van der Waals surface area contributed by atoms with Crippen LogP contribution in [0.5, 0.6) is 17.2 Å². The molecule has 8 heteroatoms. The molecule has 1 heterocycles. The van der Waals surface area contributed by atoms with E-state index in [1.54, 1.807) is 24.3 Å². The molecule has 0 atom stereocenters. The van der Waals surface area contributed by atoms with Crippen LogP contribution in [0.25, 0.3) is 0 Å². The lowest BCUT2D eigenvalue weighted by atomic mass is 10.0. The van der Waals surface area contributed by atoms with Crippen molar-refractivity contribution in [3.05, 3.63) is 47.8 Å². The number of rotatable bonds is 7. The normalized spacial score (nSPS) is 15.0. The third kappa shape index (κ3) is 5.93. The second-order valence-corrected chi connectivity index (χ2v) is 7.43. The average Bonchev–Trinajstić information content (AvgIpc) is 2.78. The molecule has 168 valence electrons. The van der Waals surface area contributed by atoms with Gasteiger partial charge in [-0.15, -0.1) is 0 Å². The Labute approximate surface area is 182 Å². The number of nitrogens with zero attached hydrogens (tertiary/aromatic N) is 2. The minimum absolute atomic E-state index is 0.0205. The Hall–Kier alpha value is -3.16. The number of aliphatic imine (C=N–C) groups is 1. The van der Waals surface area contributed by atoms with E-state index in [-0.39, 0.29) is 17.6 Å². The van der Waals surface area contributed by atoms with Crippen molar-refractivity contribution in [2.24, 2.45) is 4.99 Å². The summed E-state index contributed by atoms with van der Waals surface area (Å²) in [5.41, 5.74) is 1.79. The highest BCUT2D eigenvalue weighted by atomic mass is 19.1. The van der Waals surface area contributed by atoms with E-state index in [2.05, 4.69) is 20.5 Å². The van der Waals surface area contributed by atoms with Crippen molar-refractivity contribution in [3.8, 4) is 17.2 Å². The molecule has 0 radical (unpaired) electrons. The number of hydrogen-bond acceptors (Lipinski definition) is 5. The molecule has 1 aliphatic heterocycles. The zero-order chi connectivity index (χ0) is 22.2. The van der Waals surface area contributed by atoms with Gasteiger partial charge in [-0.2, -0.15) is 0 Å². The van der Waals surface area contributed by atoms with E-state index in [1.165, 1.54) is 20.3 Å². The van der Waals surface area contributed by atoms with E-state index in [1.807, 2.05) is 13.0 Å². The van der Waals surface area contributed by atoms with Crippen molar-refractivity contribution in [1.82, 2.24) is 10.6 Å². The molecule has 0 spiro atoms. The van der Waals surface area contributed by atoms with Crippen LogP contribution in [0.15, 0.2) is 41.4 Å². The largest absolute Gasteiger partial charge is 0.502 e. The van der Waals surface area contributed by atoms with Gasteiger partial charge in [0.05, 0.1) is 20.8 Å². The average molecular weight is 431 g/mol. The lowest BCUT2D eigenvalue weighted by molar-refractivity contribution is 0.339. The number of guanidine groups is 1. The van der Waals surface area contributed by atoms with Gasteiger partial charge < -0.3 is 30.1 Å². The fourth-order valence-electron chi connectivity index (χ4n) is 3.68. The number of halogens is 1. The van der Waals surface area contributed by atoms with Crippen LogP contribution in [0.3, 0.4) is 0 Å². The summed E-state index contributed by atoms with van der Waals surface area (Å²) in [4.78, 5) is 6.89. The number of benzene rings is 2. The standard InChI is InChI=1S/C23H31FN4O3/c1-4-25-23(26-15-16-12-20(30-2)22(29)21(13-16)31-3)27-18-8-10-28(11-9-18)19-7-5-6-17(24)14-19/h5-7,12-14,18,29H,4,8-11,15H2,1-3H3,(H2,25,26,27). The van der Waals surface area contributed by atoms with Gasteiger partial charge in [0.25, 0.3) is 0 Å². The molecule has 7 nitrogen and oxygen atoms in total. The lowest BCUT2D eigenvalue weighted by Crippen LogP contribution is -2.48. The Bertz CT molecular complexity index is 873. The number of aromatic hydroxyl groups is 1. The van der Waals surface area contributed by atoms with Crippen molar-refractivity contribution in [2.75, 3.05) is 38.8 Å². The smallest absolute Gasteiger partial charge is 0.200 e. The van der Waals surface area contributed by atoms with Crippen LogP contribution in [-0.2, 0) is 6.54 Å². The molecule has 1 saturated heterocycles. The van der Waals surface area contributed by atoms with E-state index in [9.17, 15) is 9.50 Å². The van der Waals surface area contributed by atoms with Gasteiger partial charge in [0.2, 0.25) is 5.75 Å². The zero-order valence-electron chi connectivity index (χ0n) is 18.3. The van der Waals surface area contributed by atoms with Gasteiger partial charge in [-0.05, 0) is 55.7 Å². The molecule has 3 rings (SSSR count). The molecule has 0 aromatic heterocycles. The highest BCUT2D eigenvalue weighted by Gasteiger charge is 2.20. The van der Waals surface area contributed by atoms with E-state index in [0.29, 0.717) is 18.0 Å². The molecule has 31 heavy (non-hydrogen) atoms. The number of phenols is 1. The first-order valence-electron chi connectivity index (χ1n) is 10.5. The number of hydrogen-bond donors (Lipinski definition) is 3. The van der Waals surface area contributed by atoms with Crippen molar-refractivity contribution >= 4 is 11.6 Å². The molecule has 0 aliphatic carbocycles. The summed E-state index contributed by atoms with van der Waals surface area (Å²) in [5.74, 6) is 1.21. The Morgan fingerprint density at radius 3 is 2.42 bits per heavy atom. The molecule has 2 aromatic rings. The van der Waals surface area contributed by atoms with Gasteiger partial charge in [0.15, 0.2) is 17.5 Å². The summed E-state index contributed by atoms with van der Waals surface area (Å²) in [7, 11) is 3.01. The predicted molar refractivity (Wildman–Crippen MR) is 121 cm³/mol. The minimum atomic E-state index is -0.207. The molecule has 1 fully saturated rings. The fourth-order valence-corrected chi connectivity index (χ4v) is 3.68. The first-order chi connectivity index (χ1) is 15.0. The van der Waals surface area contributed by atoms with Gasteiger partial charge >= 0.3 is 0 Å². The molecular weight excluding hydrogens is 399 g/mol. The van der Waals surface area contributed by atoms with Crippen molar-refractivity contribution in [3.63, 3.8) is 0 Å². The van der Waals surface area contributed by atoms with E-state index >= 15 is 0 Å². The number of ether oxygens (including phenoxy) is 2. The minimum Gasteiger partial charge on any atom is -0.502 e. The number of anilines is 1. The summed E-state index contributed by atoms with van der Waals surface area (Å²) >= 11 is 0. The summed E-state index contributed by atoms with van der Waals surface area (Å²) in [6, 6.07) is 10.5. The second-order valence-electron chi connectivity index (χ2n) is 7.43. The number of piperidine rings is 1. The molecule has 1 aliphatic rings. The molecule has 0 saturated carbocycles. The maximum Gasteiger partial charge on any atom is 0.200 e. The fraction of sp³-hybridized carbons (Fsp3) is 0.435. The van der Waals surface area contributed by atoms with Gasteiger partial charge in [-0.3, -0.25) is 0 Å². The van der Waals surface area contributed by atoms with Crippen molar-refractivity contribution < 1.29 is 19.0 Å². The number of methoxy groups -OCH3 is 2. The Morgan fingerprint density at radius 1 is 1.16 bits per heavy atom. The molecule has 2 aromatic carbocycles. The summed E-state index contributed by atoms with van der Waals surface area (Å²) in [5, 5.41) is 16.9. The van der Waals surface area contributed by atoms with E-state index in [0.717, 1.165) is 49.7 Å². The summed E-state index contributed by atoms with van der Waals surface area (Å²) in [6.45, 7) is 4.89. The molecule has 3 N–H and O–H groups in total. The van der Waals surface area contributed by atoms with Gasteiger partial charge in [0, 0.05) is 31.4 Å². The van der Waals surface area contributed by atoms with Gasteiger partial charge in [-0.25, -0.2) is 9.38 Å². The first-order valence-corrected chi connectivity index (χ1v) is 10.5. The SMILES string of the molecule is CCNC(=NCc1cc(OC)c(O)c(OC)c1)NC1CCN(c2cccc(F)c2)CC1. The zero-order valence-corrected chi connectivity index (χ0v) is 18.3. The Balaban J connectivity index is 1.62. The highest BCUT2D eigenvalue weighted by molar-refractivity contribution is 5.80. The van der Waals surface area contributed by atoms with Crippen LogP contribution in [0.1, 0.15) is 25.3 Å². The third-order valence-corrected chi connectivity index (χ3v) is 5.31. The predicted octanol–water partition coefficient (Wildman–Crippen LogP) is 3.27. The topological polar surface area (TPSA) is 78.4 Å². The summed E-state index contributed by atoms with van der Waals surface area (Å²) in [6.07, 6.45) is 1.86. The first kappa shape index (κ1) is 22.5. The van der Waals surface area contributed by atoms with Crippen LogP contribution >= 0.6 is 0 Å². The van der Waals surface area contributed by atoms with Crippen LogP contribution < -0.4 is 25.0 Å². The van der Waals surface area contributed by atoms with Crippen LogP contribution in [0, 0.1) is 5.82 Å². The Kier molecular flexibility index (Phi) is 7.81. The third-order valence-electron chi connectivity index (χ3n) is 5.31. The second kappa shape index (κ2) is 10.7. The van der Waals surface area contributed by atoms with Crippen LogP contribution in [0.2, 0.25) is 0 Å². The Morgan fingerprint density at radius 2 is 1.84 bits per heavy atom. The molecular formula is C23H31FN4O3. The van der Waals surface area contributed by atoms with Crippen molar-refractivity contribution in [2.45, 2.75) is 32.4 Å². The quantitative estimate of drug-likeness (QED) is 0.462. The molecule has 0 bridgehead atoms. The molecule has 0 unspecified atom stereocenters. The number of nitrogens with one attached hydrogen (secondary N) is 2. The van der Waals surface area contributed by atoms with Crippen LogP contribution in [0.4, 0.5) is 10.1 Å². The van der Waals surface area contributed by atoms with E-state index in [4.69, 9.17) is 9.47 Å². The highest BCUT2D eigenvalue weighted by Crippen LogP contribution is 2.37. The maximum atomic E-state index is 13.5. The lowest BCUT2D eigenvalue weighted by Gasteiger charge is -2.34. The van der Waals surface area contributed by atoms with Crippen molar-refractivity contribution in [1.29, 1.82) is 0 Å². The maximum absolute atomic E-state index is 13.5. The summed E-state index contributed by atoms with van der Waals surface area (Å²) < 4.78 is 23.9. The van der Waals surface area contributed by atoms with Gasteiger partial charge in [0.1, 0.15) is 5.82 Å². The van der Waals surface area contributed by atoms with Crippen LogP contribution in [-0.4, -0.2) is 51.0 Å². The van der Waals surface area contributed by atoms with Gasteiger partial charge in [-0.1, -0.05) is 6.07 Å².